The molecular formula is C22H24ClN5O2. The van der Waals surface area contributed by atoms with E-state index in [4.69, 9.17) is 11.6 Å². The lowest BCUT2D eigenvalue weighted by Crippen LogP contribution is -2.49. The van der Waals surface area contributed by atoms with Gasteiger partial charge in [0.25, 0.3) is 5.91 Å². The summed E-state index contributed by atoms with van der Waals surface area (Å²) in [5.74, 6) is 0.913. The molecule has 0 aliphatic heterocycles. The monoisotopic (exact) mass is 425 g/mol. The van der Waals surface area contributed by atoms with Gasteiger partial charge in [-0.25, -0.2) is 9.97 Å². The first-order chi connectivity index (χ1) is 14.3. The quantitative estimate of drug-likeness (QED) is 0.607. The van der Waals surface area contributed by atoms with Gasteiger partial charge in [0.1, 0.15) is 17.7 Å². The molecule has 1 aromatic carbocycles. The molecule has 0 spiro atoms. The fourth-order valence-electron chi connectivity index (χ4n) is 2.98. The number of aromatic nitrogens is 3. The van der Waals surface area contributed by atoms with E-state index in [2.05, 4.69) is 20.6 Å². The lowest BCUT2D eigenvalue weighted by molar-refractivity contribution is -0.124. The first kappa shape index (κ1) is 21.5. The maximum absolute atomic E-state index is 12.8. The van der Waals surface area contributed by atoms with E-state index < -0.39 is 6.04 Å². The predicted octanol–water partition coefficient (Wildman–Crippen LogP) is 3.30. The largest absolute Gasteiger partial charge is 0.350 e. The van der Waals surface area contributed by atoms with Crippen molar-refractivity contribution in [3.63, 3.8) is 0 Å². The number of hydrogen-bond donors (Lipinski definition) is 2. The molecular weight excluding hydrogens is 402 g/mol. The highest BCUT2D eigenvalue weighted by Gasteiger charge is 2.24. The van der Waals surface area contributed by atoms with Gasteiger partial charge in [0.2, 0.25) is 5.91 Å². The van der Waals surface area contributed by atoms with Crippen molar-refractivity contribution in [1.82, 2.24) is 25.2 Å². The molecule has 0 bridgehead atoms. The fourth-order valence-corrected chi connectivity index (χ4v) is 3.11. The summed E-state index contributed by atoms with van der Waals surface area (Å²) in [6.45, 7) is 5.99. The molecule has 8 heteroatoms. The average Bonchev–Trinajstić information content (AvgIpc) is 3.16. The Bertz CT molecular complexity index is 1030. The Hall–Kier alpha value is -3.19. The number of halogens is 1. The minimum atomic E-state index is -0.662. The van der Waals surface area contributed by atoms with Crippen molar-refractivity contribution in [1.29, 1.82) is 0 Å². The van der Waals surface area contributed by atoms with E-state index in [1.165, 1.54) is 0 Å². The van der Waals surface area contributed by atoms with E-state index in [9.17, 15) is 9.59 Å². The molecule has 0 saturated heterocycles. The van der Waals surface area contributed by atoms with Crippen molar-refractivity contribution in [3.05, 3.63) is 77.0 Å². The van der Waals surface area contributed by atoms with Crippen molar-refractivity contribution in [2.75, 3.05) is 0 Å². The highest BCUT2D eigenvalue weighted by atomic mass is 35.5. The molecule has 0 radical (unpaired) electrons. The molecule has 7 nitrogen and oxygen atoms in total. The number of pyridine rings is 1. The molecule has 2 amide bonds. The van der Waals surface area contributed by atoms with Gasteiger partial charge < -0.3 is 10.6 Å². The van der Waals surface area contributed by atoms with Crippen LogP contribution in [0.5, 0.6) is 0 Å². The minimum Gasteiger partial charge on any atom is -0.350 e. The maximum Gasteiger partial charge on any atom is 0.251 e. The summed E-state index contributed by atoms with van der Waals surface area (Å²) < 4.78 is 1.87. The number of carbonyl (C=O) groups is 2. The van der Waals surface area contributed by atoms with Crippen molar-refractivity contribution in [2.45, 2.75) is 33.4 Å². The molecule has 3 aromatic rings. The summed E-state index contributed by atoms with van der Waals surface area (Å²) in [4.78, 5) is 33.8. The summed E-state index contributed by atoms with van der Waals surface area (Å²) in [6, 6.07) is 9.62. The molecule has 156 valence electrons. The molecule has 3 rings (SSSR count). The third kappa shape index (κ3) is 5.24. The second kappa shape index (κ2) is 9.54. The van der Waals surface area contributed by atoms with E-state index in [0.717, 1.165) is 17.2 Å². The summed E-state index contributed by atoms with van der Waals surface area (Å²) >= 11 is 5.87. The first-order valence-corrected chi connectivity index (χ1v) is 10.0. The van der Waals surface area contributed by atoms with Gasteiger partial charge in [0.15, 0.2) is 0 Å². The number of imidazole rings is 1. The average molecular weight is 426 g/mol. The van der Waals surface area contributed by atoms with Crippen molar-refractivity contribution in [2.24, 2.45) is 5.92 Å². The highest BCUT2D eigenvalue weighted by molar-refractivity contribution is 6.30. The zero-order valence-electron chi connectivity index (χ0n) is 17.1. The lowest BCUT2D eigenvalue weighted by Gasteiger charge is -2.22. The summed E-state index contributed by atoms with van der Waals surface area (Å²) in [5, 5.41) is 6.27. The third-order valence-corrected chi connectivity index (χ3v) is 4.94. The van der Waals surface area contributed by atoms with Gasteiger partial charge in [-0.2, -0.15) is 0 Å². The second-order valence-electron chi connectivity index (χ2n) is 7.29. The first-order valence-electron chi connectivity index (χ1n) is 9.64. The van der Waals surface area contributed by atoms with Crippen LogP contribution >= 0.6 is 11.6 Å². The Morgan fingerprint density at radius 1 is 1.10 bits per heavy atom. The van der Waals surface area contributed by atoms with Crippen LogP contribution in [0.4, 0.5) is 0 Å². The van der Waals surface area contributed by atoms with Crippen LogP contribution in [0.15, 0.2) is 55.0 Å². The van der Waals surface area contributed by atoms with Gasteiger partial charge >= 0.3 is 0 Å². The van der Waals surface area contributed by atoms with Crippen LogP contribution in [0.2, 0.25) is 5.02 Å². The zero-order valence-corrected chi connectivity index (χ0v) is 17.8. The Morgan fingerprint density at radius 3 is 2.47 bits per heavy atom. The van der Waals surface area contributed by atoms with Gasteiger partial charge in [-0.05, 0) is 54.8 Å². The fraction of sp³-hybridized carbons (Fsp3) is 0.273. The van der Waals surface area contributed by atoms with Gasteiger partial charge in [-0.3, -0.25) is 14.2 Å². The SMILES string of the molecule is Cc1nccn1-c1cc(CNC(=O)C(NC(=O)c2ccc(Cl)cc2)C(C)C)ccn1. The number of aryl methyl sites for hydroxylation is 1. The smallest absolute Gasteiger partial charge is 0.251 e. The lowest BCUT2D eigenvalue weighted by atomic mass is 10.0. The number of nitrogens with one attached hydrogen (secondary N) is 2. The second-order valence-corrected chi connectivity index (χ2v) is 7.72. The van der Waals surface area contributed by atoms with Crippen LogP contribution in [0.3, 0.4) is 0 Å². The summed E-state index contributed by atoms with van der Waals surface area (Å²) in [5.41, 5.74) is 1.35. The molecule has 1 atom stereocenters. The van der Waals surface area contributed by atoms with E-state index in [1.807, 2.05) is 43.7 Å². The predicted molar refractivity (Wildman–Crippen MR) is 115 cm³/mol. The number of carbonyl (C=O) groups excluding carboxylic acids is 2. The van der Waals surface area contributed by atoms with Crippen molar-refractivity contribution >= 4 is 23.4 Å². The Labute approximate surface area is 180 Å². The number of rotatable bonds is 7. The third-order valence-electron chi connectivity index (χ3n) is 4.69. The van der Waals surface area contributed by atoms with E-state index in [1.54, 1.807) is 36.7 Å². The van der Waals surface area contributed by atoms with Crippen LogP contribution in [-0.2, 0) is 11.3 Å². The van der Waals surface area contributed by atoms with Crippen LogP contribution in [0.25, 0.3) is 5.82 Å². The van der Waals surface area contributed by atoms with Gasteiger partial charge in [0.05, 0.1) is 0 Å². The van der Waals surface area contributed by atoms with Crippen LogP contribution < -0.4 is 10.6 Å². The van der Waals surface area contributed by atoms with Crippen LogP contribution in [0.1, 0.15) is 35.6 Å². The molecule has 0 aliphatic rings. The molecule has 0 saturated carbocycles. The van der Waals surface area contributed by atoms with Gasteiger partial charge in [-0.1, -0.05) is 25.4 Å². The number of hydrogen-bond acceptors (Lipinski definition) is 4. The number of benzene rings is 1. The molecule has 2 heterocycles. The minimum absolute atomic E-state index is 0.0807. The zero-order chi connectivity index (χ0) is 21.7. The summed E-state index contributed by atoms with van der Waals surface area (Å²) in [7, 11) is 0. The van der Waals surface area contributed by atoms with Crippen LogP contribution in [0, 0.1) is 12.8 Å². The number of amides is 2. The van der Waals surface area contributed by atoms with Crippen molar-refractivity contribution < 1.29 is 9.59 Å². The Kier molecular flexibility index (Phi) is 6.84. The van der Waals surface area contributed by atoms with E-state index >= 15 is 0 Å². The Morgan fingerprint density at radius 2 is 1.83 bits per heavy atom. The van der Waals surface area contributed by atoms with Gasteiger partial charge in [-0.15, -0.1) is 0 Å². The molecule has 30 heavy (non-hydrogen) atoms. The Balaban J connectivity index is 1.65. The maximum atomic E-state index is 12.8. The van der Waals surface area contributed by atoms with Crippen LogP contribution in [-0.4, -0.2) is 32.4 Å². The number of nitrogens with zero attached hydrogens (tertiary/aromatic N) is 3. The standard InChI is InChI=1S/C22H24ClN5O2/c1-14(2)20(27-21(29)17-4-6-18(23)7-5-17)22(30)26-13-16-8-9-25-19(12-16)28-11-10-24-15(28)3/h4-12,14,20H,13H2,1-3H3,(H,26,30)(H,27,29). The normalized spacial score (nSPS) is 11.9. The molecule has 2 N–H and O–H groups in total. The van der Waals surface area contributed by atoms with E-state index in [-0.39, 0.29) is 17.7 Å². The van der Waals surface area contributed by atoms with E-state index in [0.29, 0.717) is 17.1 Å². The summed E-state index contributed by atoms with van der Waals surface area (Å²) in [6.07, 6.45) is 5.24. The highest BCUT2D eigenvalue weighted by Crippen LogP contribution is 2.12. The molecule has 0 aliphatic carbocycles. The molecule has 0 fully saturated rings. The van der Waals surface area contributed by atoms with Gasteiger partial charge in [0, 0.05) is 35.7 Å². The van der Waals surface area contributed by atoms with Crippen molar-refractivity contribution in [3.8, 4) is 5.82 Å². The topological polar surface area (TPSA) is 88.9 Å². The molecule has 1 unspecified atom stereocenters. The molecule has 2 aromatic heterocycles.